The molecular weight excluding hydrogens is 306 g/mol. The molecular formula is C19H21NO4. The lowest BCUT2D eigenvalue weighted by Crippen LogP contribution is -2.46. The van der Waals surface area contributed by atoms with E-state index in [0.717, 1.165) is 12.8 Å². The number of benzene rings is 1. The summed E-state index contributed by atoms with van der Waals surface area (Å²) in [6.07, 6.45) is 2.29. The van der Waals surface area contributed by atoms with Crippen molar-refractivity contribution in [1.29, 1.82) is 0 Å². The van der Waals surface area contributed by atoms with Crippen LogP contribution in [0.3, 0.4) is 0 Å². The van der Waals surface area contributed by atoms with Gasteiger partial charge in [-0.2, -0.15) is 0 Å². The third-order valence-electron chi connectivity index (χ3n) is 6.25. The predicted octanol–water partition coefficient (Wildman–Crippen LogP) is 1.91. The van der Waals surface area contributed by atoms with Gasteiger partial charge in [0.1, 0.15) is 11.4 Å². The average molecular weight is 327 g/mol. The van der Waals surface area contributed by atoms with Crippen molar-refractivity contribution < 1.29 is 19.1 Å². The first-order valence-electron chi connectivity index (χ1n) is 8.87. The van der Waals surface area contributed by atoms with E-state index in [1.54, 1.807) is 0 Å². The Labute approximate surface area is 140 Å². The van der Waals surface area contributed by atoms with E-state index in [-0.39, 0.29) is 23.5 Å². The quantitative estimate of drug-likeness (QED) is 0.791. The summed E-state index contributed by atoms with van der Waals surface area (Å²) in [5, 5.41) is 0. The number of carbonyl (C=O) groups excluding carboxylic acids is 2. The number of Topliss-reactive ketones (excluding diaryl/α,β-unsaturated/α-hetero) is 1. The second-order valence-electron chi connectivity index (χ2n) is 7.45. The first-order valence-corrected chi connectivity index (χ1v) is 8.87. The molecule has 1 aromatic carbocycles. The molecule has 2 aliphatic heterocycles. The minimum absolute atomic E-state index is 0.0370. The van der Waals surface area contributed by atoms with E-state index in [9.17, 15) is 9.59 Å². The lowest BCUT2D eigenvalue weighted by atomic mass is 9.84. The minimum atomic E-state index is -0.456. The molecule has 1 amide bonds. The summed E-state index contributed by atoms with van der Waals surface area (Å²) in [7, 11) is 0. The summed E-state index contributed by atoms with van der Waals surface area (Å²) in [4.78, 5) is 27.4. The van der Waals surface area contributed by atoms with Crippen molar-refractivity contribution in [2.24, 2.45) is 17.8 Å². The number of nitrogens with zero attached hydrogens (tertiary/aromatic N) is 1. The number of rotatable bonds is 1. The Morgan fingerprint density at radius 2 is 2.00 bits per heavy atom. The van der Waals surface area contributed by atoms with Gasteiger partial charge in [0.15, 0.2) is 5.78 Å². The van der Waals surface area contributed by atoms with Crippen LogP contribution in [0.5, 0.6) is 5.75 Å². The number of ketones is 1. The topological polar surface area (TPSA) is 55.8 Å². The van der Waals surface area contributed by atoms with Crippen molar-refractivity contribution in [2.75, 3.05) is 26.3 Å². The van der Waals surface area contributed by atoms with E-state index < -0.39 is 5.60 Å². The van der Waals surface area contributed by atoms with Crippen LogP contribution in [0.25, 0.3) is 0 Å². The van der Waals surface area contributed by atoms with Crippen LogP contribution in [-0.4, -0.2) is 48.5 Å². The monoisotopic (exact) mass is 327 g/mol. The summed E-state index contributed by atoms with van der Waals surface area (Å²) < 4.78 is 11.7. The maximum Gasteiger partial charge on any atom is 0.226 e. The van der Waals surface area contributed by atoms with Crippen molar-refractivity contribution in [3.8, 4) is 5.75 Å². The van der Waals surface area contributed by atoms with Crippen LogP contribution in [0.1, 0.15) is 29.6 Å². The molecule has 4 aliphatic rings. The Morgan fingerprint density at radius 3 is 2.83 bits per heavy atom. The highest BCUT2D eigenvalue weighted by atomic mass is 16.5. The molecule has 24 heavy (non-hydrogen) atoms. The standard InChI is InChI=1S/C19H21NO4/c21-14-11-19(24-15-4-2-1-3-12(14)15)6-5-13-16(17(13)19)18(22)20-7-9-23-10-8-20/h1-4,13,16-17H,5-11H2. The number of hydrogen-bond donors (Lipinski definition) is 0. The number of para-hydroxylation sites is 1. The van der Waals surface area contributed by atoms with E-state index in [0.29, 0.717) is 50.0 Å². The van der Waals surface area contributed by atoms with Crippen LogP contribution in [-0.2, 0) is 9.53 Å². The molecule has 1 aromatic rings. The number of morpholine rings is 1. The maximum absolute atomic E-state index is 12.9. The zero-order chi connectivity index (χ0) is 16.3. The van der Waals surface area contributed by atoms with Crippen molar-refractivity contribution in [1.82, 2.24) is 4.90 Å². The van der Waals surface area contributed by atoms with E-state index in [1.807, 2.05) is 29.2 Å². The van der Waals surface area contributed by atoms with Gasteiger partial charge in [-0.3, -0.25) is 9.59 Å². The van der Waals surface area contributed by atoms with Gasteiger partial charge in [-0.15, -0.1) is 0 Å². The molecule has 1 saturated heterocycles. The molecule has 0 bridgehead atoms. The Hall–Kier alpha value is -1.88. The molecule has 5 rings (SSSR count). The Balaban J connectivity index is 1.39. The second kappa shape index (κ2) is 5.06. The molecule has 2 aliphatic carbocycles. The van der Waals surface area contributed by atoms with E-state index in [1.165, 1.54) is 0 Å². The van der Waals surface area contributed by atoms with E-state index in [2.05, 4.69) is 0 Å². The zero-order valence-corrected chi connectivity index (χ0v) is 13.6. The third-order valence-corrected chi connectivity index (χ3v) is 6.25. The minimum Gasteiger partial charge on any atom is -0.486 e. The van der Waals surface area contributed by atoms with Gasteiger partial charge >= 0.3 is 0 Å². The lowest BCUT2D eigenvalue weighted by Gasteiger charge is -2.37. The third kappa shape index (κ3) is 1.97. The summed E-state index contributed by atoms with van der Waals surface area (Å²) in [6.45, 7) is 2.62. The molecule has 0 aromatic heterocycles. The molecule has 2 saturated carbocycles. The number of amides is 1. The first kappa shape index (κ1) is 14.5. The molecule has 3 fully saturated rings. The second-order valence-corrected chi connectivity index (χ2v) is 7.45. The molecule has 0 radical (unpaired) electrons. The summed E-state index contributed by atoms with van der Waals surface area (Å²) >= 11 is 0. The van der Waals surface area contributed by atoms with Gasteiger partial charge in [0.05, 0.1) is 25.2 Å². The maximum atomic E-state index is 12.9. The van der Waals surface area contributed by atoms with Crippen LogP contribution < -0.4 is 4.74 Å². The number of fused-ring (bicyclic) bond motifs is 3. The number of hydrogen-bond acceptors (Lipinski definition) is 4. The van der Waals surface area contributed by atoms with E-state index >= 15 is 0 Å². The molecule has 2 heterocycles. The summed E-state index contributed by atoms with van der Waals surface area (Å²) in [5.41, 5.74) is 0.228. The zero-order valence-electron chi connectivity index (χ0n) is 13.6. The summed E-state index contributed by atoms with van der Waals surface area (Å²) in [6, 6.07) is 7.49. The fourth-order valence-corrected chi connectivity index (χ4v) is 5.09. The predicted molar refractivity (Wildman–Crippen MR) is 85.9 cm³/mol. The molecule has 126 valence electrons. The Bertz CT molecular complexity index is 711. The highest BCUT2D eigenvalue weighted by molar-refractivity contribution is 6.00. The van der Waals surface area contributed by atoms with E-state index in [4.69, 9.17) is 9.47 Å². The molecule has 4 atom stereocenters. The molecule has 4 unspecified atom stereocenters. The highest BCUT2D eigenvalue weighted by Gasteiger charge is 2.71. The van der Waals surface area contributed by atoms with Crippen molar-refractivity contribution >= 4 is 11.7 Å². The van der Waals surface area contributed by atoms with Gasteiger partial charge in [0.25, 0.3) is 0 Å². The van der Waals surface area contributed by atoms with Crippen molar-refractivity contribution in [3.63, 3.8) is 0 Å². The molecule has 5 nitrogen and oxygen atoms in total. The van der Waals surface area contributed by atoms with Gasteiger partial charge in [0.2, 0.25) is 5.91 Å². The number of ether oxygens (including phenoxy) is 2. The van der Waals surface area contributed by atoms with Crippen LogP contribution in [0.4, 0.5) is 0 Å². The van der Waals surface area contributed by atoms with Crippen LogP contribution >= 0.6 is 0 Å². The van der Waals surface area contributed by atoms with Gasteiger partial charge in [0, 0.05) is 24.9 Å². The Kier molecular flexibility index (Phi) is 3.05. The van der Waals surface area contributed by atoms with Crippen LogP contribution in [0.15, 0.2) is 24.3 Å². The summed E-state index contributed by atoms with van der Waals surface area (Å²) in [5.74, 6) is 1.71. The fourth-order valence-electron chi connectivity index (χ4n) is 5.09. The Morgan fingerprint density at radius 1 is 1.21 bits per heavy atom. The van der Waals surface area contributed by atoms with Crippen molar-refractivity contribution in [2.45, 2.75) is 24.9 Å². The largest absolute Gasteiger partial charge is 0.486 e. The SMILES string of the molecule is O=C1CC2(CCC3C(C(=O)N4CCOCC4)C32)Oc2ccccc21. The van der Waals surface area contributed by atoms with Crippen LogP contribution in [0, 0.1) is 17.8 Å². The highest BCUT2D eigenvalue weighted by Crippen LogP contribution is 2.66. The van der Waals surface area contributed by atoms with Gasteiger partial charge in [-0.1, -0.05) is 12.1 Å². The lowest BCUT2D eigenvalue weighted by molar-refractivity contribution is -0.138. The smallest absolute Gasteiger partial charge is 0.226 e. The average Bonchev–Trinajstić information content (AvgIpc) is 3.26. The normalized spacial score (nSPS) is 36.9. The molecule has 5 heteroatoms. The van der Waals surface area contributed by atoms with Gasteiger partial charge < -0.3 is 14.4 Å². The fraction of sp³-hybridized carbons (Fsp3) is 0.579. The molecule has 0 N–H and O–H groups in total. The first-order chi connectivity index (χ1) is 11.7. The molecule has 1 spiro atoms. The van der Waals surface area contributed by atoms with Crippen molar-refractivity contribution in [3.05, 3.63) is 29.8 Å². The number of carbonyl (C=O) groups is 2. The van der Waals surface area contributed by atoms with Crippen LogP contribution in [0.2, 0.25) is 0 Å². The van der Waals surface area contributed by atoms with Gasteiger partial charge in [-0.25, -0.2) is 0 Å². The van der Waals surface area contributed by atoms with Gasteiger partial charge in [-0.05, 0) is 30.9 Å².